The lowest BCUT2D eigenvalue weighted by Crippen LogP contribution is -2.35. The Labute approximate surface area is 126 Å². The molecule has 4 nitrogen and oxygen atoms in total. The fourth-order valence-corrected chi connectivity index (χ4v) is 3.45. The summed E-state index contributed by atoms with van der Waals surface area (Å²) in [6, 6.07) is 2.76. The number of carbonyl (C=O) groups excluding carboxylic acids is 2. The first-order valence-electron chi connectivity index (χ1n) is 7.47. The smallest absolute Gasteiger partial charge is 0.233 e. The third kappa shape index (κ3) is 2.52. The second-order valence-electron chi connectivity index (χ2n) is 5.97. The van der Waals surface area contributed by atoms with Crippen LogP contribution in [0.15, 0.2) is 18.2 Å². The van der Waals surface area contributed by atoms with E-state index in [-0.39, 0.29) is 35.8 Å². The third-order valence-electron chi connectivity index (χ3n) is 4.60. The van der Waals surface area contributed by atoms with E-state index in [1.165, 1.54) is 0 Å². The van der Waals surface area contributed by atoms with E-state index in [1.807, 2.05) is 0 Å². The molecule has 1 heterocycles. The zero-order valence-corrected chi connectivity index (χ0v) is 12.0. The normalized spacial score (nSPS) is 26.2. The van der Waals surface area contributed by atoms with E-state index in [0.29, 0.717) is 12.8 Å². The van der Waals surface area contributed by atoms with Crippen molar-refractivity contribution in [2.75, 3.05) is 6.54 Å². The molecule has 2 amide bonds. The van der Waals surface area contributed by atoms with Crippen molar-refractivity contribution >= 4 is 11.8 Å². The fourth-order valence-electron chi connectivity index (χ4n) is 3.45. The third-order valence-corrected chi connectivity index (χ3v) is 4.60. The Bertz CT molecular complexity index is 595. The Balaban J connectivity index is 1.79. The average molecular weight is 309 g/mol. The van der Waals surface area contributed by atoms with Crippen molar-refractivity contribution in [1.29, 1.82) is 0 Å². The van der Waals surface area contributed by atoms with Crippen LogP contribution in [0.5, 0.6) is 0 Å². The zero-order chi connectivity index (χ0) is 15.9. The van der Waals surface area contributed by atoms with Gasteiger partial charge in [-0.15, -0.1) is 0 Å². The molecular formula is C16H17F2NO3. The van der Waals surface area contributed by atoms with Gasteiger partial charge >= 0.3 is 0 Å². The minimum atomic E-state index is -1.43. The second-order valence-corrected chi connectivity index (χ2v) is 5.97. The summed E-state index contributed by atoms with van der Waals surface area (Å²) in [5.41, 5.74) is -0.240. The minimum Gasteiger partial charge on any atom is -0.386 e. The molecule has 3 rings (SSSR count). The molecule has 1 aliphatic heterocycles. The molecule has 1 aliphatic carbocycles. The monoisotopic (exact) mass is 309 g/mol. The number of fused-ring (bicyclic) bond motifs is 1. The van der Waals surface area contributed by atoms with Gasteiger partial charge in [0.15, 0.2) is 0 Å². The Morgan fingerprint density at radius 3 is 2.32 bits per heavy atom. The largest absolute Gasteiger partial charge is 0.386 e. The maximum absolute atomic E-state index is 13.7. The summed E-state index contributed by atoms with van der Waals surface area (Å²) < 4.78 is 26.9. The molecule has 0 radical (unpaired) electrons. The summed E-state index contributed by atoms with van der Waals surface area (Å²) in [5.74, 6) is -2.67. The van der Waals surface area contributed by atoms with Crippen molar-refractivity contribution in [3.05, 3.63) is 35.4 Å². The van der Waals surface area contributed by atoms with Gasteiger partial charge in [-0.25, -0.2) is 8.78 Å². The minimum absolute atomic E-state index is 0.240. The van der Waals surface area contributed by atoms with E-state index >= 15 is 0 Å². The van der Waals surface area contributed by atoms with Crippen LogP contribution in [0.3, 0.4) is 0 Å². The number of amides is 2. The molecule has 22 heavy (non-hydrogen) atoms. The maximum Gasteiger partial charge on any atom is 0.233 e. The van der Waals surface area contributed by atoms with Gasteiger partial charge in [-0.3, -0.25) is 14.5 Å². The number of imide groups is 1. The van der Waals surface area contributed by atoms with E-state index < -0.39 is 17.7 Å². The van der Waals surface area contributed by atoms with Crippen molar-refractivity contribution in [2.45, 2.75) is 31.8 Å². The van der Waals surface area contributed by atoms with E-state index in [2.05, 4.69) is 0 Å². The van der Waals surface area contributed by atoms with Gasteiger partial charge in [0.05, 0.1) is 24.5 Å². The number of aliphatic hydroxyl groups is 1. The van der Waals surface area contributed by atoms with E-state index in [4.69, 9.17) is 0 Å². The van der Waals surface area contributed by atoms with Gasteiger partial charge in [0, 0.05) is 5.56 Å². The number of carbonyl (C=O) groups is 2. The van der Waals surface area contributed by atoms with Crippen LogP contribution in [0.25, 0.3) is 0 Å². The predicted molar refractivity (Wildman–Crippen MR) is 73.5 cm³/mol. The van der Waals surface area contributed by atoms with Gasteiger partial charge in [-0.05, 0) is 31.0 Å². The Hall–Kier alpha value is -1.82. The standard InChI is InChI=1S/C16H17F2NO3/c17-9-5-6-13(18)12(7-9)14(20)8-19-15(21)10-3-1-2-4-11(10)16(19)22/h5-7,10-11,14,20H,1-4,8H2/t10-,11+,14-/m0/s1. The average Bonchev–Trinajstić information content (AvgIpc) is 2.75. The van der Waals surface area contributed by atoms with Crippen LogP contribution in [0.1, 0.15) is 37.4 Å². The van der Waals surface area contributed by atoms with Crippen molar-refractivity contribution in [3.63, 3.8) is 0 Å². The molecule has 118 valence electrons. The number of nitrogens with zero attached hydrogens (tertiary/aromatic N) is 1. The molecule has 1 N–H and O–H groups in total. The van der Waals surface area contributed by atoms with Crippen molar-refractivity contribution in [3.8, 4) is 0 Å². The molecule has 1 saturated carbocycles. The summed E-state index contributed by atoms with van der Waals surface area (Å²) in [6.07, 6.45) is 1.75. The molecule has 3 atom stereocenters. The first-order valence-corrected chi connectivity index (χ1v) is 7.47. The zero-order valence-electron chi connectivity index (χ0n) is 12.0. The number of rotatable bonds is 3. The highest BCUT2D eigenvalue weighted by atomic mass is 19.1. The van der Waals surface area contributed by atoms with E-state index in [0.717, 1.165) is 35.9 Å². The maximum atomic E-state index is 13.7. The molecule has 0 aromatic heterocycles. The molecule has 1 aromatic rings. The van der Waals surface area contributed by atoms with Crippen LogP contribution >= 0.6 is 0 Å². The number of β-amino-alcohol motifs (C(OH)–C–C–N with tert-alkyl or cyclic N) is 1. The first kappa shape index (κ1) is 15.1. The molecular weight excluding hydrogens is 292 g/mol. The second kappa shape index (κ2) is 5.76. The van der Waals surface area contributed by atoms with Crippen molar-refractivity contribution in [2.24, 2.45) is 11.8 Å². The summed E-state index contributed by atoms with van der Waals surface area (Å²) in [5, 5.41) is 10.1. The lowest BCUT2D eigenvalue weighted by Gasteiger charge is -2.19. The Morgan fingerprint density at radius 1 is 1.14 bits per heavy atom. The number of benzene rings is 1. The molecule has 6 heteroatoms. The van der Waals surface area contributed by atoms with Gasteiger partial charge < -0.3 is 5.11 Å². The van der Waals surface area contributed by atoms with Gasteiger partial charge in [0.1, 0.15) is 11.6 Å². The van der Waals surface area contributed by atoms with Gasteiger partial charge in [-0.1, -0.05) is 12.8 Å². The summed E-state index contributed by atoms with van der Waals surface area (Å²) in [6.45, 7) is -0.328. The summed E-state index contributed by atoms with van der Waals surface area (Å²) in [7, 11) is 0. The van der Waals surface area contributed by atoms with Crippen LogP contribution in [0.2, 0.25) is 0 Å². The highest BCUT2D eigenvalue weighted by molar-refractivity contribution is 6.05. The van der Waals surface area contributed by atoms with Crippen molar-refractivity contribution in [1.82, 2.24) is 4.90 Å². The molecule has 1 saturated heterocycles. The number of hydrogen-bond acceptors (Lipinski definition) is 3. The molecule has 1 aromatic carbocycles. The number of aliphatic hydroxyl groups excluding tert-OH is 1. The van der Waals surface area contributed by atoms with E-state index in [1.54, 1.807) is 0 Å². The topological polar surface area (TPSA) is 57.6 Å². The molecule has 2 fully saturated rings. The summed E-state index contributed by atoms with van der Waals surface area (Å²) >= 11 is 0. The van der Waals surface area contributed by atoms with Crippen LogP contribution in [-0.4, -0.2) is 28.4 Å². The van der Waals surface area contributed by atoms with Crippen LogP contribution in [0.4, 0.5) is 8.78 Å². The lowest BCUT2D eigenvalue weighted by molar-refractivity contribution is -0.141. The number of likely N-dealkylation sites (tertiary alicyclic amines) is 1. The predicted octanol–water partition coefficient (Wildman–Crippen LogP) is 2.17. The van der Waals surface area contributed by atoms with Gasteiger partial charge in [0.25, 0.3) is 0 Å². The molecule has 2 aliphatic rings. The number of halogens is 2. The lowest BCUT2D eigenvalue weighted by atomic mass is 9.81. The summed E-state index contributed by atoms with van der Waals surface area (Å²) in [4.78, 5) is 25.6. The number of hydrogen-bond donors (Lipinski definition) is 1. The SMILES string of the molecule is O=C1[C@H]2CCCC[C@H]2C(=O)N1C[C@H](O)c1cc(F)ccc1F. The van der Waals surface area contributed by atoms with E-state index in [9.17, 15) is 23.5 Å². The van der Waals surface area contributed by atoms with Gasteiger partial charge in [-0.2, -0.15) is 0 Å². The highest BCUT2D eigenvalue weighted by Gasteiger charge is 2.48. The molecule has 0 bridgehead atoms. The van der Waals surface area contributed by atoms with Crippen LogP contribution in [0, 0.1) is 23.5 Å². The highest BCUT2D eigenvalue weighted by Crippen LogP contribution is 2.38. The Morgan fingerprint density at radius 2 is 1.73 bits per heavy atom. The fraction of sp³-hybridized carbons (Fsp3) is 0.500. The Kier molecular flexibility index (Phi) is 3.95. The quantitative estimate of drug-likeness (QED) is 0.871. The molecule has 0 spiro atoms. The first-order chi connectivity index (χ1) is 10.5. The van der Waals surface area contributed by atoms with Gasteiger partial charge in [0.2, 0.25) is 11.8 Å². The van der Waals surface area contributed by atoms with Crippen molar-refractivity contribution < 1.29 is 23.5 Å². The molecule has 0 unspecified atom stereocenters. The van der Waals surface area contributed by atoms with Crippen LogP contribution in [-0.2, 0) is 9.59 Å². The van der Waals surface area contributed by atoms with Crippen LogP contribution < -0.4 is 0 Å².